The van der Waals surface area contributed by atoms with Crippen LogP contribution in [0, 0.1) is 17.8 Å². The molecule has 2 aliphatic carbocycles. The first kappa shape index (κ1) is 18.3. The molecule has 1 aromatic heterocycles. The zero-order valence-electron chi connectivity index (χ0n) is 16.4. The number of carbonyl (C=O) groups is 1. The number of sulfonamides is 1. The fraction of sp³-hybridized carbons (Fsp3) is 0.800. The van der Waals surface area contributed by atoms with Crippen molar-refractivity contribution in [3.63, 3.8) is 0 Å². The molecule has 2 N–H and O–H groups in total. The summed E-state index contributed by atoms with van der Waals surface area (Å²) >= 11 is 0. The molecule has 3 saturated heterocycles. The van der Waals surface area contributed by atoms with Crippen LogP contribution in [0.25, 0.3) is 0 Å². The second-order valence-corrected chi connectivity index (χ2v) is 11.6. The van der Waals surface area contributed by atoms with Gasteiger partial charge < -0.3 is 15.2 Å². The van der Waals surface area contributed by atoms with E-state index in [1.54, 1.807) is 10.4 Å². The van der Waals surface area contributed by atoms with Gasteiger partial charge in [0, 0.05) is 30.1 Å². The summed E-state index contributed by atoms with van der Waals surface area (Å²) in [5, 5.41) is 10.3. The maximum Gasteiger partial charge on any atom is 0.273 e. The molecular formula is C20H28N4O4S. The van der Waals surface area contributed by atoms with Gasteiger partial charge in [-0.25, -0.2) is 8.42 Å². The van der Waals surface area contributed by atoms with E-state index in [9.17, 15) is 13.2 Å². The number of nitrogens with zero attached hydrogens (tertiary/aromatic N) is 2. The molecule has 5 fully saturated rings. The highest BCUT2D eigenvalue weighted by atomic mass is 32.2. The van der Waals surface area contributed by atoms with Crippen molar-refractivity contribution >= 4 is 15.9 Å². The summed E-state index contributed by atoms with van der Waals surface area (Å²) in [6, 6.07) is 1.78. The summed E-state index contributed by atoms with van der Waals surface area (Å²) in [4.78, 5) is 12.6. The lowest BCUT2D eigenvalue weighted by molar-refractivity contribution is 0.0900. The Hall–Kier alpha value is -1.45. The van der Waals surface area contributed by atoms with Gasteiger partial charge in [0.05, 0.1) is 5.75 Å². The van der Waals surface area contributed by atoms with Gasteiger partial charge in [0.15, 0.2) is 5.69 Å². The minimum Gasteiger partial charge on any atom is -0.360 e. The van der Waals surface area contributed by atoms with Crippen LogP contribution >= 0.6 is 0 Å². The molecule has 0 aromatic carbocycles. The Morgan fingerprint density at radius 2 is 1.86 bits per heavy atom. The Morgan fingerprint density at radius 3 is 2.52 bits per heavy atom. The number of amides is 1. The van der Waals surface area contributed by atoms with E-state index in [1.807, 2.05) is 0 Å². The van der Waals surface area contributed by atoms with E-state index in [1.165, 1.54) is 0 Å². The molecule has 6 rings (SSSR count). The van der Waals surface area contributed by atoms with Gasteiger partial charge in [-0.2, -0.15) is 4.31 Å². The molecule has 0 spiro atoms. The highest BCUT2D eigenvalue weighted by molar-refractivity contribution is 7.89. The summed E-state index contributed by atoms with van der Waals surface area (Å²) in [5.41, 5.74) is 0.336. The van der Waals surface area contributed by atoms with Gasteiger partial charge in [-0.15, -0.1) is 0 Å². The number of hydrogen-bond donors (Lipinski definition) is 2. The molecule has 3 aliphatic heterocycles. The van der Waals surface area contributed by atoms with Gasteiger partial charge in [0.2, 0.25) is 10.0 Å². The van der Waals surface area contributed by atoms with Crippen LogP contribution in [-0.4, -0.2) is 60.8 Å². The van der Waals surface area contributed by atoms with E-state index in [2.05, 4.69) is 15.8 Å². The van der Waals surface area contributed by atoms with E-state index in [-0.39, 0.29) is 24.0 Å². The second-order valence-electron chi connectivity index (χ2n) is 9.67. The van der Waals surface area contributed by atoms with Crippen molar-refractivity contribution in [1.29, 1.82) is 0 Å². The second kappa shape index (κ2) is 6.52. The Labute approximate surface area is 170 Å². The van der Waals surface area contributed by atoms with Crippen LogP contribution in [-0.2, 0) is 10.0 Å². The molecule has 1 aromatic rings. The molecule has 2 unspecified atom stereocenters. The van der Waals surface area contributed by atoms with Crippen LogP contribution in [0.4, 0.5) is 0 Å². The third-order valence-electron chi connectivity index (χ3n) is 7.74. The largest absolute Gasteiger partial charge is 0.360 e. The summed E-state index contributed by atoms with van der Waals surface area (Å²) < 4.78 is 33.4. The van der Waals surface area contributed by atoms with Crippen molar-refractivity contribution < 1.29 is 17.7 Å². The van der Waals surface area contributed by atoms with Crippen LogP contribution < -0.4 is 10.6 Å². The van der Waals surface area contributed by atoms with Gasteiger partial charge in [-0.1, -0.05) is 5.16 Å². The van der Waals surface area contributed by atoms with Gasteiger partial charge >= 0.3 is 0 Å². The minimum absolute atomic E-state index is 0.00275. The molecule has 29 heavy (non-hydrogen) atoms. The van der Waals surface area contributed by atoms with E-state index in [4.69, 9.17) is 4.52 Å². The quantitative estimate of drug-likeness (QED) is 0.713. The average molecular weight is 421 g/mol. The lowest BCUT2D eigenvalue weighted by Gasteiger charge is -2.38. The maximum absolute atomic E-state index is 13.1. The molecule has 1 amide bonds. The smallest absolute Gasteiger partial charge is 0.273 e. The molecule has 2 bridgehead atoms. The van der Waals surface area contributed by atoms with E-state index >= 15 is 0 Å². The third-order valence-corrected chi connectivity index (χ3v) is 9.78. The predicted molar refractivity (Wildman–Crippen MR) is 105 cm³/mol. The number of nitrogens with one attached hydrogen (secondary N) is 2. The number of hydrogen-bond acceptors (Lipinski definition) is 6. The van der Waals surface area contributed by atoms with Gasteiger partial charge in [0.25, 0.3) is 5.91 Å². The van der Waals surface area contributed by atoms with Crippen LogP contribution in [0.2, 0.25) is 0 Å². The van der Waals surface area contributed by atoms with Crippen LogP contribution in [0.15, 0.2) is 10.6 Å². The highest BCUT2D eigenvalue weighted by Crippen LogP contribution is 2.50. The van der Waals surface area contributed by atoms with Gasteiger partial charge in [-0.05, 0) is 69.4 Å². The van der Waals surface area contributed by atoms with Crippen LogP contribution in [0.1, 0.15) is 60.7 Å². The minimum atomic E-state index is -3.24. The normalized spacial score (nSPS) is 38.8. The zero-order chi connectivity index (χ0) is 19.8. The van der Waals surface area contributed by atoms with Crippen molar-refractivity contribution in [2.24, 2.45) is 17.8 Å². The molecule has 8 nitrogen and oxygen atoms in total. The molecule has 0 radical (unpaired) electrons. The van der Waals surface area contributed by atoms with Gasteiger partial charge in [-0.3, -0.25) is 4.79 Å². The van der Waals surface area contributed by atoms with E-state index in [0.29, 0.717) is 48.0 Å². The Balaban J connectivity index is 1.09. The number of aromatic nitrogens is 1. The first-order valence-corrected chi connectivity index (χ1v) is 12.6. The number of rotatable bonds is 6. The Kier molecular flexibility index (Phi) is 4.12. The number of piperidine rings is 2. The van der Waals surface area contributed by atoms with Crippen LogP contribution in [0.3, 0.4) is 0 Å². The number of fused-ring (bicyclic) bond motifs is 3. The molecule has 4 heterocycles. The average Bonchev–Trinajstić information content (AvgIpc) is 3.43. The van der Waals surface area contributed by atoms with Crippen molar-refractivity contribution in [2.45, 2.75) is 62.6 Å². The molecule has 6 atom stereocenters. The topological polar surface area (TPSA) is 105 Å². The van der Waals surface area contributed by atoms with Gasteiger partial charge in [0.1, 0.15) is 5.76 Å². The molecule has 158 valence electrons. The number of carbonyl (C=O) groups excluding carboxylic acids is 1. The fourth-order valence-corrected chi connectivity index (χ4v) is 8.49. The Morgan fingerprint density at radius 1 is 1.17 bits per heavy atom. The summed E-state index contributed by atoms with van der Waals surface area (Å²) in [6.07, 6.45) is 5.37. The van der Waals surface area contributed by atoms with E-state index < -0.39 is 10.0 Å². The third kappa shape index (κ3) is 3.21. The first-order valence-electron chi connectivity index (χ1n) is 11.0. The zero-order valence-corrected chi connectivity index (χ0v) is 17.2. The molecular weight excluding hydrogens is 392 g/mol. The first-order chi connectivity index (χ1) is 14.0. The predicted octanol–water partition coefficient (Wildman–Crippen LogP) is 1.07. The molecule has 2 saturated carbocycles. The van der Waals surface area contributed by atoms with Crippen LogP contribution in [0.5, 0.6) is 0 Å². The van der Waals surface area contributed by atoms with Crippen molar-refractivity contribution in [1.82, 2.24) is 20.1 Å². The lowest BCUT2D eigenvalue weighted by atomic mass is 9.99. The van der Waals surface area contributed by atoms with E-state index in [0.717, 1.165) is 44.5 Å². The van der Waals surface area contributed by atoms with Crippen molar-refractivity contribution in [3.8, 4) is 0 Å². The summed E-state index contributed by atoms with van der Waals surface area (Å²) in [6.45, 7) is 1.94. The fourth-order valence-electron chi connectivity index (χ4n) is 6.04. The lowest BCUT2D eigenvalue weighted by Crippen LogP contribution is -2.53. The Bertz CT molecular complexity index is 903. The standard InChI is InChI=1S/C20H28N4O4S/c25-20(18-7-19(28-23-18)11-1-2-11)22-12-5-13-3-4-14(6-12)24(13)29(26,27)10-17-15-8-21-9-16(15)17/h7,11-17,21H,1-6,8-10H2,(H,22,25)/t12?,13-,14+,15-,16+,17?. The summed E-state index contributed by atoms with van der Waals surface area (Å²) in [7, 11) is -3.24. The molecule has 5 aliphatic rings. The maximum atomic E-state index is 13.1. The van der Waals surface area contributed by atoms with Crippen molar-refractivity contribution in [2.75, 3.05) is 18.8 Å². The molecule has 9 heteroatoms. The summed E-state index contributed by atoms with van der Waals surface area (Å²) in [5.74, 6) is 2.78. The monoisotopic (exact) mass is 420 g/mol. The highest BCUT2D eigenvalue weighted by Gasteiger charge is 2.56. The van der Waals surface area contributed by atoms with Crippen molar-refractivity contribution in [3.05, 3.63) is 17.5 Å². The SMILES string of the molecule is O=C(NC1C[C@H]2CC[C@@H](C1)N2S(=O)(=O)CC1[C@H]2CNC[C@@H]12)c1cc(C2CC2)on1.